The molecule has 0 aromatic rings. The number of hydrogen-bond donors (Lipinski definition) is 1. The number of ether oxygens (including phenoxy) is 1. The zero-order chi connectivity index (χ0) is 30.4. The van der Waals surface area contributed by atoms with Crippen LogP contribution in [0.2, 0.25) is 0 Å². The van der Waals surface area contributed by atoms with Gasteiger partial charge in [-0.2, -0.15) is 0 Å². The fraction of sp³-hybridized carbons (Fsp3) is 0.737. The van der Waals surface area contributed by atoms with E-state index in [2.05, 4.69) is 45.9 Å². The average Bonchev–Trinajstić information content (AvgIpc) is 3.27. The SMILES string of the molecule is CCCCCCCCC=CCCCCCCCC(=O)OCC(C)C1=C2C3=CC=C(C=O)CC(O)C3(C)CCC2(C)CC1. The van der Waals surface area contributed by atoms with Crippen LogP contribution < -0.4 is 0 Å². The molecule has 236 valence electrons. The second-order valence-corrected chi connectivity index (χ2v) is 14.0. The molecule has 0 radical (unpaired) electrons. The standard InChI is InChI=1S/C38H60O4/c1-5-6-7-8-9-10-11-12-13-14-15-16-17-18-19-20-35(41)42-29-30(2)32-23-24-37(3)25-26-38(4)33(36(32)37)22-21-31(28-39)27-34(38)40/h12-13,21-22,28,30,34,40H,5-11,14-20,23-27,29H2,1-4H3. The van der Waals surface area contributed by atoms with E-state index in [-0.39, 0.29) is 22.7 Å². The van der Waals surface area contributed by atoms with Crippen LogP contribution in [-0.2, 0) is 14.3 Å². The van der Waals surface area contributed by atoms with Gasteiger partial charge >= 0.3 is 5.97 Å². The number of allylic oxidation sites excluding steroid dienone is 5. The van der Waals surface area contributed by atoms with E-state index in [1.54, 1.807) is 0 Å². The predicted molar refractivity (Wildman–Crippen MR) is 174 cm³/mol. The van der Waals surface area contributed by atoms with Gasteiger partial charge in [0.25, 0.3) is 0 Å². The van der Waals surface area contributed by atoms with E-state index in [9.17, 15) is 14.7 Å². The summed E-state index contributed by atoms with van der Waals surface area (Å²) in [5.41, 5.74) is 4.32. The molecule has 0 saturated heterocycles. The molecule has 0 aromatic heterocycles. The molecule has 4 atom stereocenters. The van der Waals surface area contributed by atoms with Crippen LogP contribution in [0.3, 0.4) is 0 Å². The summed E-state index contributed by atoms with van der Waals surface area (Å²) in [6.07, 6.45) is 30.2. The van der Waals surface area contributed by atoms with E-state index in [1.165, 1.54) is 87.3 Å². The first kappa shape index (κ1) is 34.5. The predicted octanol–water partition coefficient (Wildman–Crippen LogP) is 9.92. The Morgan fingerprint density at radius 3 is 2.26 bits per heavy atom. The number of aliphatic hydroxyl groups is 1. The highest BCUT2D eigenvalue weighted by atomic mass is 16.5. The van der Waals surface area contributed by atoms with Crippen molar-refractivity contribution in [2.45, 2.75) is 156 Å². The largest absolute Gasteiger partial charge is 0.465 e. The van der Waals surface area contributed by atoms with Crippen molar-refractivity contribution >= 4 is 12.3 Å². The number of aldehydes is 1. The first-order valence-corrected chi connectivity index (χ1v) is 17.3. The Kier molecular flexibility index (Phi) is 14.3. The van der Waals surface area contributed by atoms with Gasteiger partial charge < -0.3 is 9.84 Å². The number of unbranched alkanes of at least 4 members (excludes halogenated alkanes) is 11. The molecule has 3 aliphatic rings. The lowest BCUT2D eigenvalue weighted by atomic mass is 9.57. The molecular weight excluding hydrogens is 520 g/mol. The Hall–Kier alpha value is -1.94. The van der Waals surface area contributed by atoms with E-state index >= 15 is 0 Å². The summed E-state index contributed by atoms with van der Waals surface area (Å²) in [5.74, 6) is 0.0695. The van der Waals surface area contributed by atoms with Crippen LogP contribution in [0.5, 0.6) is 0 Å². The van der Waals surface area contributed by atoms with Crippen LogP contribution in [0, 0.1) is 16.7 Å². The minimum absolute atomic E-state index is 0.0815. The van der Waals surface area contributed by atoms with Gasteiger partial charge in [-0.3, -0.25) is 9.59 Å². The van der Waals surface area contributed by atoms with Gasteiger partial charge in [-0.05, 0) is 79.9 Å². The molecule has 0 amide bonds. The number of rotatable bonds is 19. The Bertz CT molecular complexity index is 1000. The molecule has 42 heavy (non-hydrogen) atoms. The quantitative estimate of drug-likeness (QED) is 0.0715. The van der Waals surface area contributed by atoms with Crippen molar-refractivity contribution in [3.05, 3.63) is 46.6 Å². The number of carbonyl (C=O) groups excluding carboxylic acids is 2. The minimum atomic E-state index is -0.568. The molecule has 0 bridgehead atoms. The van der Waals surface area contributed by atoms with Crippen molar-refractivity contribution in [2.75, 3.05) is 6.61 Å². The third-order valence-corrected chi connectivity index (χ3v) is 10.5. The Labute approximate surface area is 257 Å². The number of esters is 1. The minimum Gasteiger partial charge on any atom is -0.465 e. The van der Waals surface area contributed by atoms with Crippen molar-refractivity contribution in [1.82, 2.24) is 0 Å². The van der Waals surface area contributed by atoms with Crippen molar-refractivity contribution in [3.8, 4) is 0 Å². The van der Waals surface area contributed by atoms with E-state index in [0.717, 1.165) is 44.8 Å². The lowest BCUT2D eigenvalue weighted by molar-refractivity contribution is -0.144. The zero-order valence-electron chi connectivity index (χ0n) is 27.4. The monoisotopic (exact) mass is 580 g/mol. The fourth-order valence-electron chi connectivity index (χ4n) is 7.39. The third kappa shape index (κ3) is 9.53. The van der Waals surface area contributed by atoms with Crippen LogP contribution in [0.25, 0.3) is 0 Å². The molecule has 1 fully saturated rings. The maximum atomic E-state index is 12.5. The molecule has 4 unspecified atom stereocenters. The summed E-state index contributed by atoms with van der Waals surface area (Å²) in [6, 6.07) is 0. The lowest BCUT2D eigenvalue weighted by Crippen LogP contribution is -2.41. The molecule has 3 aliphatic carbocycles. The van der Waals surface area contributed by atoms with Crippen molar-refractivity contribution in [2.24, 2.45) is 16.7 Å². The maximum Gasteiger partial charge on any atom is 0.305 e. The number of aliphatic hydroxyl groups excluding tert-OH is 1. The summed E-state index contributed by atoms with van der Waals surface area (Å²) >= 11 is 0. The van der Waals surface area contributed by atoms with Gasteiger partial charge in [0.05, 0.1) is 12.7 Å². The highest BCUT2D eigenvalue weighted by Crippen LogP contribution is 2.61. The first-order chi connectivity index (χ1) is 20.2. The van der Waals surface area contributed by atoms with Crippen LogP contribution in [0.15, 0.2) is 46.6 Å². The molecule has 0 spiro atoms. The van der Waals surface area contributed by atoms with Crippen LogP contribution in [0.1, 0.15) is 150 Å². The van der Waals surface area contributed by atoms with Gasteiger partial charge in [0, 0.05) is 24.2 Å². The summed E-state index contributed by atoms with van der Waals surface area (Å²) in [6.45, 7) is 9.37. The zero-order valence-corrected chi connectivity index (χ0v) is 27.4. The summed E-state index contributed by atoms with van der Waals surface area (Å²) in [7, 11) is 0. The van der Waals surface area contributed by atoms with Crippen LogP contribution in [0.4, 0.5) is 0 Å². The normalized spacial score (nSPS) is 26.4. The van der Waals surface area contributed by atoms with Crippen molar-refractivity contribution < 1.29 is 19.4 Å². The van der Waals surface area contributed by atoms with E-state index < -0.39 is 6.10 Å². The molecule has 0 aliphatic heterocycles. The third-order valence-electron chi connectivity index (χ3n) is 10.5. The summed E-state index contributed by atoms with van der Waals surface area (Å²) < 4.78 is 5.78. The van der Waals surface area contributed by atoms with Crippen molar-refractivity contribution in [1.29, 1.82) is 0 Å². The summed E-state index contributed by atoms with van der Waals surface area (Å²) in [5, 5.41) is 11.1. The molecule has 4 nitrogen and oxygen atoms in total. The Morgan fingerprint density at radius 1 is 0.952 bits per heavy atom. The number of fused-ring (bicyclic) bond motifs is 3. The molecule has 0 heterocycles. The number of carbonyl (C=O) groups is 2. The van der Waals surface area contributed by atoms with Crippen LogP contribution >= 0.6 is 0 Å². The van der Waals surface area contributed by atoms with Gasteiger partial charge in [0.1, 0.15) is 6.29 Å². The van der Waals surface area contributed by atoms with Crippen LogP contribution in [-0.4, -0.2) is 30.1 Å². The van der Waals surface area contributed by atoms with Gasteiger partial charge in [-0.1, -0.05) is 109 Å². The van der Waals surface area contributed by atoms with E-state index in [1.807, 2.05) is 6.08 Å². The smallest absolute Gasteiger partial charge is 0.305 e. The Morgan fingerprint density at radius 2 is 1.60 bits per heavy atom. The average molecular weight is 581 g/mol. The second-order valence-electron chi connectivity index (χ2n) is 14.0. The number of hydrogen-bond acceptors (Lipinski definition) is 4. The fourth-order valence-corrected chi connectivity index (χ4v) is 7.39. The highest BCUT2D eigenvalue weighted by molar-refractivity contribution is 5.75. The summed E-state index contributed by atoms with van der Waals surface area (Å²) in [4.78, 5) is 24.1. The molecule has 4 heteroatoms. The van der Waals surface area contributed by atoms with E-state index in [0.29, 0.717) is 25.0 Å². The molecule has 1 saturated carbocycles. The van der Waals surface area contributed by atoms with E-state index in [4.69, 9.17) is 4.74 Å². The van der Waals surface area contributed by atoms with Gasteiger partial charge in [-0.15, -0.1) is 0 Å². The maximum absolute atomic E-state index is 12.5. The van der Waals surface area contributed by atoms with Crippen molar-refractivity contribution in [3.63, 3.8) is 0 Å². The lowest BCUT2D eigenvalue weighted by Gasteiger charge is -2.48. The molecule has 0 aromatic carbocycles. The Balaban J connectivity index is 1.37. The molecular formula is C38H60O4. The second kappa shape index (κ2) is 17.4. The highest BCUT2D eigenvalue weighted by Gasteiger charge is 2.51. The first-order valence-electron chi connectivity index (χ1n) is 17.3. The van der Waals surface area contributed by atoms with Gasteiger partial charge in [0.15, 0.2) is 0 Å². The molecule has 3 rings (SSSR count). The van der Waals surface area contributed by atoms with Gasteiger partial charge in [-0.25, -0.2) is 0 Å². The van der Waals surface area contributed by atoms with Gasteiger partial charge in [0.2, 0.25) is 0 Å². The molecule has 1 N–H and O–H groups in total. The topological polar surface area (TPSA) is 63.6 Å².